The lowest BCUT2D eigenvalue weighted by atomic mass is 10.2. The number of halogens is 3. The van der Waals surface area contributed by atoms with Gasteiger partial charge in [-0.1, -0.05) is 18.2 Å². The topological polar surface area (TPSA) is 113 Å². The summed E-state index contributed by atoms with van der Waals surface area (Å²) in [6.07, 6.45) is -4.53. The molecule has 1 amide bonds. The number of carbonyl (C=O) groups is 1. The Balaban J connectivity index is 1.59. The number of rotatable bonds is 6. The second-order valence-electron chi connectivity index (χ2n) is 7.03. The molecule has 1 aliphatic rings. The van der Waals surface area contributed by atoms with Crippen molar-refractivity contribution in [3.8, 4) is 0 Å². The van der Waals surface area contributed by atoms with Gasteiger partial charge in [-0.05, 0) is 24.3 Å². The van der Waals surface area contributed by atoms with Crippen LogP contribution in [0.3, 0.4) is 0 Å². The fraction of sp³-hybridized carbons (Fsp3) is 0.316. The minimum atomic E-state index is -4.53. The minimum Gasteiger partial charge on any atom is -0.325 e. The van der Waals surface area contributed by atoms with Crippen LogP contribution >= 0.6 is 0 Å². The molecule has 172 valence electrons. The molecule has 0 spiro atoms. The van der Waals surface area contributed by atoms with Gasteiger partial charge in [0.2, 0.25) is 15.9 Å². The maximum Gasteiger partial charge on any atom is 0.416 e. The van der Waals surface area contributed by atoms with Gasteiger partial charge < -0.3 is 5.32 Å². The Morgan fingerprint density at radius 3 is 2.34 bits per heavy atom. The molecule has 2 aromatic rings. The number of hydrogen-bond acceptors (Lipinski definition) is 6. The van der Waals surface area contributed by atoms with Crippen LogP contribution in [-0.4, -0.2) is 61.2 Å². The Labute approximate surface area is 181 Å². The quantitative estimate of drug-likeness (QED) is 0.511. The molecule has 0 bridgehead atoms. The number of benzene rings is 2. The molecule has 1 N–H and O–H groups in total. The first-order valence-corrected chi connectivity index (χ1v) is 10.9. The second-order valence-corrected chi connectivity index (χ2v) is 8.94. The summed E-state index contributed by atoms with van der Waals surface area (Å²) >= 11 is 0. The molecule has 1 aliphatic heterocycles. The van der Waals surface area contributed by atoms with E-state index in [1.54, 1.807) is 4.90 Å². The third kappa shape index (κ3) is 5.41. The van der Waals surface area contributed by atoms with E-state index >= 15 is 0 Å². The van der Waals surface area contributed by atoms with Crippen molar-refractivity contribution in [2.45, 2.75) is 11.1 Å². The SMILES string of the molecule is O=C(CN1CCN(S(=O)(=O)c2ccccc2[N+](=O)[O-])CC1)Nc1cccc(C(F)(F)F)c1. The molecule has 0 aliphatic carbocycles. The number of para-hydroxylation sites is 1. The van der Waals surface area contributed by atoms with Crippen molar-refractivity contribution in [3.63, 3.8) is 0 Å². The van der Waals surface area contributed by atoms with Crippen molar-refractivity contribution < 1.29 is 31.3 Å². The molecule has 13 heteroatoms. The molecule has 0 saturated carbocycles. The van der Waals surface area contributed by atoms with Crippen molar-refractivity contribution >= 4 is 27.3 Å². The monoisotopic (exact) mass is 472 g/mol. The highest BCUT2D eigenvalue weighted by molar-refractivity contribution is 7.89. The van der Waals surface area contributed by atoms with Gasteiger partial charge in [-0.25, -0.2) is 8.42 Å². The van der Waals surface area contributed by atoms with Crippen LogP contribution in [0.5, 0.6) is 0 Å². The number of nitro benzene ring substituents is 1. The van der Waals surface area contributed by atoms with E-state index in [1.165, 1.54) is 30.3 Å². The van der Waals surface area contributed by atoms with Gasteiger partial charge in [-0.3, -0.25) is 19.8 Å². The van der Waals surface area contributed by atoms with Crippen LogP contribution in [-0.2, 0) is 21.0 Å². The zero-order chi connectivity index (χ0) is 23.5. The number of nitrogens with zero attached hydrogens (tertiary/aromatic N) is 3. The maximum atomic E-state index is 12.8. The predicted molar refractivity (Wildman–Crippen MR) is 108 cm³/mol. The summed E-state index contributed by atoms with van der Waals surface area (Å²) in [6, 6.07) is 9.30. The maximum absolute atomic E-state index is 12.8. The van der Waals surface area contributed by atoms with Crippen LogP contribution in [0.1, 0.15) is 5.56 Å². The second kappa shape index (κ2) is 9.22. The molecule has 0 atom stereocenters. The molecule has 9 nitrogen and oxygen atoms in total. The molecule has 0 unspecified atom stereocenters. The van der Waals surface area contributed by atoms with Gasteiger partial charge in [0, 0.05) is 37.9 Å². The number of carbonyl (C=O) groups excluding carboxylic acids is 1. The third-order valence-electron chi connectivity index (χ3n) is 4.85. The molecule has 1 saturated heterocycles. The number of amides is 1. The van der Waals surface area contributed by atoms with Crippen molar-refractivity contribution in [1.29, 1.82) is 0 Å². The Hall–Kier alpha value is -3.03. The standard InChI is InChI=1S/C19H19F3N4O5S/c20-19(21,22)14-4-3-5-15(12-14)23-18(27)13-24-8-10-25(11-9-24)32(30,31)17-7-2-1-6-16(17)26(28)29/h1-7,12H,8-11,13H2,(H,23,27). The van der Waals surface area contributed by atoms with Crippen LogP contribution < -0.4 is 5.32 Å². The molecule has 1 fully saturated rings. The zero-order valence-electron chi connectivity index (χ0n) is 16.6. The highest BCUT2D eigenvalue weighted by Crippen LogP contribution is 2.31. The van der Waals surface area contributed by atoms with Gasteiger partial charge >= 0.3 is 6.18 Å². The number of piperazine rings is 1. The lowest BCUT2D eigenvalue weighted by Crippen LogP contribution is -2.50. The lowest BCUT2D eigenvalue weighted by Gasteiger charge is -2.33. The largest absolute Gasteiger partial charge is 0.416 e. The number of nitro groups is 1. The first-order chi connectivity index (χ1) is 15.0. The van der Waals surface area contributed by atoms with Gasteiger partial charge in [0.05, 0.1) is 17.0 Å². The van der Waals surface area contributed by atoms with Crippen LogP contribution in [0, 0.1) is 10.1 Å². The molecule has 3 rings (SSSR count). The van der Waals surface area contributed by atoms with E-state index < -0.39 is 43.2 Å². The van der Waals surface area contributed by atoms with Gasteiger partial charge in [0.1, 0.15) is 0 Å². The summed E-state index contributed by atoms with van der Waals surface area (Å²) in [7, 11) is -4.10. The Morgan fingerprint density at radius 2 is 1.72 bits per heavy atom. The Bertz CT molecular complexity index is 1120. The summed E-state index contributed by atoms with van der Waals surface area (Å²) in [6.45, 7) is 0.220. The van der Waals surface area contributed by atoms with Crippen LogP contribution in [0.4, 0.5) is 24.5 Å². The van der Waals surface area contributed by atoms with E-state index in [1.807, 2.05) is 0 Å². The Morgan fingerprint density at radius 1 is 1.06 bits per heavy atom. The first-order valence-electron chi connectivity index (χ1n) is 9.41. The zero-order valence-corrected chi connectivity index (χ0v) is 17.4. The molecular formula is C19H19F3N4O5S. The minimum absolute atomic E-state index is 0.00225. The lowest BCUT2D eigenvalue weighted by molar-refractivity contribution is -0.387. The fourth-order valence-electron chi connectivity index (χ4n) is 3.27. The van der Waals surface area contributed by atoms with E-state index in [-0.39, 0.29) is 38.4 Å². The molecule has 0 radical (unpaired) electrons. The predicted octanol–water partition coefficient (Wildman–Crippen LogP) is 2.56. The molecule has 32 heavy (non-hydrogen) atoms. The summed E-state index contributed by atoms with van der Waals surface area (Å²) < 4.78 is 65.1. The van der Waals surface area contributed by atoms with Crippen molar-refractivity contribution in [1.82, 2.24) is 9.21 Å². The summed E-state index contributed by atoms with van der Waals surface area (Å²) in [4.78, 5) is 23.9. The van der Waals surface area contributed by atoms with E-state index in [0.29, 0.717) is 0 Å². The van der Waals surface area contributed by atoms with Crippen molar-refractivity contribution in [2.75, 3.05) is 38.0 Å². The molecular weight excluding hydrogens is 453 g/mol. The number of alkyl halides is 3. The number of sulfonamides is 1. The van der Waals surface area contributed by atoms with Crippen LogP contribution in [0.15, 0.2) is 53.4 Å². The van der Waals surface area contributed by atoms with Gasteiger partial charge in [0.25, 0.3) is 5.69 Å². The smallest absolute Gasteiger partial charge is 0.325 e. The molecule has 2 aromatic carbocycles. The van der Waals surface area contributed by atoms with Crippen molar-refractivity contribution in [3.05, 3.63) is 64.2 Å². The fourth-order valence-corrected chi connectivity index (χ4v) is 4.85. The van der Waals surface area contributed by atoms with E-state index in [2.05, 4.69) is 5.32 Å². The van der Waals surface area contributed by atoms with Crippen LogP contribution in [0.25, 0.3) is 0 Å². The van der Waals surface area contributed by atoms with Gasteiger partial charge in [-0.2, -0.15) is 17.5 Å². The average Bonchev–Trinajstić information content (AvgIpc) is 2.73. The van der Waals surface area contributed by atoms with Crippen molar-refractivity contribution in [2.24, 2.45) is 0 Å². The Kier molecular flexibility index (Phi) is 6.81. The molecule has 1 heterocycles. The first kappa shape index (κ1) is 23.6. The highest BCUT2D eigenvalue weighted by Gasteiger charge is 2.34. The van der Waals surface area contributed by atoms with Crippen LogP contribution in [0.2, 0.25) is 0 Å². The number of hydrogen-bond donors (Lipinski definition) is 1. The summed E-state index contributed by atoms with van der Waals surface area (Å²) in [5.74, 6) is -0.542. The van der Waals surface area contributed by atoms with E-state index in [9.17, 15) is 36.5 Å². The highest BCUT2D eigenvalue weighted by atomic mass is 32.2. The molecule has 0 aromatic heterocycles. The van der Waals surface area contributed by atoms with E-state index in [0.717, 1.165) is 22.5 Å². The summed E-state index contributed by atoms with van der Waals surface area (Å²) in [5, 5.41) is 13.6. The average molecular weight is 472 g/mol. The van der Waals surface area contributed by atoms with Gasteiger partial charge in [-0.15, -0.1) is 0 Å². The summed E-state index contributed by atoms with van der Waals surface area (Å²) in [5.41, 5.74) is -1.40. The number of nitrogens with one attached hydrogen (secondary N) is 1. The normalized spacial score (nSPS) is 16.0. The van der Waals surface area contributed by atoms with Gasteiger partial charge in [0.15, 0.2) is 4.90 Å². The number of anilines is 1. The van der Waals surface area contributed by atoms with E-state index in [4.69, 9.17) is 0 Å². The third-order valence-corrected chi connectivity index (χ3v) is 6.80.